The van der Waals surface area contributed by atoms with Gasteiger partial charge in [-0.3, -0.25) is 0 Å². The van der Waals surface area contributed by atoms with E-state index >= 15 is 0 Å². The molecule has 0 aromatic heterocycles. The normalized spacial score (nSPS) is 14.2. The van der Waals surface area contributed by atoms with E-state index in [2.05, 4.69) is 26.2 Å². The van der Waals surface area contributed by atoms with Crippen LogP contribution in [0.3, 0.4) is 0 Å². The molecule has 1 rings (SSSR count). The van der Waals surface area contributed by atoms with Gasteiger partial charge in [-0.05, 0) is 29.1 Å². The molecule has 0 radical (unpaired) electrons. The lowest BCUT2D eigenvalue weighted by Crippen LogP contribution is -2.23. The first-order valence-electron chi connectivity index (χ1n) is 6.38. The molecule has 0 saturated heterocycles. The van der Waals surface area contributed by atoms with E-state index in [1.807, 2.05) is 18.2 Å². The fraction of sp³-hybridized carbons (Fsp3) is 0.333. The van der Waals surface area contributed by atoms with Gasteiger partial charge in [-0.15, -0.1) is 6.58 Å². The Bertz CT molecular complexity index is 509. The lowest BCUT2D eigenvalue weighted by atomic mass is 10.2. The number of thioether (sulfide) groups is 1. The Morgan fingerprint density at radius 3 is 2.50 bits per heavy atom. The molecular formula is C15H20Cl2OSSi. The highest BCUT2D eigenvalue weighted by Gasteiger charge is 2.22. The highest BCUT2D eigenvalue weighted by Crippen LogP contribution is 2.36. The number of benzene rings is 1. The molecule has 1 unspecified atom stereocenters. The van der Waals surface area contributed by atoms with Crippen molar-refractivity contribution < 1.29 is 5.11 Å². The Morgan fingerprint density at radius 1 is 1.35 bits per heavy atom. The van der Waals surface area contributed by atoms with Crippen LogP contribution in [0.15, 0.2) is 46.4 Å². The van der Waals surface area contributed by atoms with Gasteiger partial charge in [0.2, 0.25) is 0 Å². The molecule has 0 saturated carbocycles. The van der Waals surface area contributed by atoms with Gasteiger partial charge in [-0.1, -0.05) is 66.8 Å². The molecule has 1 aromatic rings. The molecule has 20 heavy (non-hydrogen) atoms. The van der Waals surface area contributed by atoms with Crippen molar-refractivity contribution in [1.82, 2.24) is 0 Å². The van der Waals surface area contributed by atoms with Gasteiger partial charge in [0.25, 0.3) is 0 Å². The van der Waals surface area contributed by atoms with Crippen LogP contribution in [0.2, 0.25) is 29.7 Å². The second-order valence-electron chi connectivity index (χ2n) is 5.55. The smallest absolute Gasteiger partial charge is 0.0859 e. The van der Waals surface area contributed by atoms with Crippen LogP contribution in [-0.2, 0) is 0 Å². The van der Waals surface area contributed by atoms with Crippen molar-refractivity contribution >= 4 is 43.0 Å². The molecule has 1 aromatic carbocycles. The van der Waals surface area contributed by atoms with Gasteiger partial charge in [0.15, 0.2) is 0 Å². The molecule has 1 nitrogen and oxygen atoms in total. The zero-order valence-corrected chi connectivity index (χ0v) is 15.3. The van der Waals surface area contributed by atoms with Gasteiger partial charge < -0.3 is 5.11 Å². The van der Waals surface area contributed by atoms with E-state index in [4.69, 9.17) is 23.2 Å². The average Bonchev–Trinajstić information content (AvgIpc) is 2.32. The standard InChI is InChI=1S/C15H20Cl2OSSi/c1-5-6-11(18)9-15(20(2,3)4)19-12-7-8-13(16)14(17)10-12/h5,7-11,18H,1,6H2,2-4H3/b15-9+. The van der Waals surface area contributed by atoms with Crippen LogP contribution in [0, 0.1) is 0 Å². The van der Waals surface area contributed by atoms with Crippen LogP contribution in [0.5, 0.6) is 0 Å². The Labute approximate surface area is 136 Å². The molecule has 0 aliphatic carbocycles. The Hall–Kier alpha value is -0.193. The number of halogens is 2. The van der Waals surface area contributed by atoms with E-state index in [0.29, 0.717) is 16.5 Å². The molecule has 0 aliphatic rings. The monoisotopic (exact) mass is 346 g/mol. The van der Waals surface area contributed by atoms with Crippen molar-refractivity contribution in [3.8, 4) is 0 Å². The fourth-order valence-corrected chi connectivity index (χ4v) is 4.94. The van der Waals surface area contributed by atoms with Crippen molar-refractivity contribution in [2.24, 2.45) is 0 Å². The minimum absolute atomic E-state index is 0.482. The summed E-state index contributed by atoms with van der Waals surface area (Å²) in [6.45, 7) is 10.4. The maximum atomic E-state index is 9.97. The van der Waals surface area contributed by atoms with Crippen LogP contribution < -0.4 is 0 Å². The topological polar surface area (TPSA) is 20.2 Å². The van der Waals surface area contributed by atoms with E-state index in [9.17, 15) is 5.11 Å². The van der Waals surface area contributed by atoms with Crippen LogP contribution >= 0.6 is 35.0 Å². The first-order valence-corrected chi connectivity index (χ1v) is 11.5. The minimum Gasteiger partial charge on any atom is -0.389 e. The largest absolute Gasteiger partial charge is 0.389 e. The summed E-state index contributed by atoms with van der Waals surface area (Å²) in [4.78, 5) is 1.04. The summed E-state index contributed by atoms with van der Waals surface area (Å²) in [5, 5.41) is 11.1. The van der Waals surface area contributed by atoms with E-state index in [0.717, 1.165) is 4.90 Å². The second-order valence-corrected chi connectivity index (χ2v) is 12.9. The van der Waals surface area contributed by atoms with Gasteiger partial charge in [0.05, 0.1) is 24.2 Å². The second kappa shape index (κ2) is 7.71. The third-order valence-electron chi connectivity index (χ3n) is 2.61. The number of hydrogen-bond donors (Lipinski definition) is 1. The lowest BCUT2D eigenvalue weighted by molar-refractivity contribution is 0.227. The molecule has 0 heterocycles. The van der Waals surface area contributed by atoms with Gasteiger partial charge in [0, 0.05) is 4.90 Å². The minimum atomic E-state index is -1.54. The maximum absolute atomic E-state index is 9.97. The van der Waals surface area contributed by atoms with Gasteiger partial charge in [0.1, 0.15) is 0 Å². The molecular weight excluding hydrogens is 327 g/mol. The average molecular weight is 347 g/mol. The summed E-state index contributed by atoms with van der Waals surface area (Å²) < 4.78 is 1.23. The molecule has 0 aliphatic heterocycles. The third kappa shape index (κ3) is 5.66. The maximum Gasteiger partial charge on any atom is 0.0859 e. The third-order valence-corrected chi connectivity index (χ3v) is 7.98. The number of aliphatic hydroxyl groups is 1. The summed E-state index contributed by atoms with van der Waals surface area (Å²) in [7, 11) is -1.54. The van der Waals surface area contributed by atoms with Crippen molar-refractivity contribution in [3.05, 3.63) is 51.5 Å². The van der Waals surface area contributed by atoms with Crippen molar-refractivity contribution in [2.45, 2.75) is 37.1 Å². The van der Waals surface area contributed by atoms with E-state index in [1.54, 1.807) is 23.9 Å². The quantitative estimate of drug-likeness (QED) is 0.400. The Morgan fingerprint density at radius 2 is 2.00 bits per heavy atom. The molecule has 0 fully saturated rings. The zero-order chi connectivity index (χ0) is 15.3. The number of hydrogen-bond acceptors (Lipinski definition) is 2. The summed E-state index contributed by atoms with van der Waals surface area (Å²) >= 11 is 13.6. The SMILES string of the molecule is C=CCC(O)/C=C(\Sc1ccc(Cl)c(Cl)c1)[Si](C)(C)C. The summed E-state index contributed by atoms with van der Waals surface area (Å²) in [5.74, 6) is 0. The van der Waals surface area contributed by atoms with E-state index < -0.39 is 14.2 Å². The molecule has 0 bridgehead atoms. The molecule has 110 valence electrons. The summed E-state index contributed by atoms with van der Waals surface area (Å²) in [6.07, 6.45) is 3.76. The Kier molecular flexibility index (Phi) is 6.89. The van der Waals surface area contributed by atoms with Crippen molar-refractivity contribution in [3.63, 3.8) is 0 Å². The summed E-state index contributed by atoms with van der Waals surface area (Å²) in [5.41, 5.74) is 0. The summed E-state index contributed by atoms with van der Waals surface area (Å²) in [6, 6.07) is 5.61. The Balaban J connectivity index is 3.01. The zero-order valence-electron chi connectivity index (χ0n) is 12.0. The lowest BCUT2D eigenvalue weighted by Gasteiger charge is -2.22. The first kappa shape index (κ1) is 17.9. The highest BCUT2D eigenvalue weighted by atomic mass is 35.5. The predicted molar refractivity (Wildman–Crippen MR) is 94.6 cm³/mol. The first-order chi connectivity index (χ1) is 9.24. The van der Waals surface area contributed by atoms with Crippen LogP contribution in [0.25, 0.3) is 0 Å². The van der Waals surface area contributed by atoms with Crippen LogP contribution in [0.4, 0.5) is 0 Å². The number of rotatable bonds is 6. The predicted octanol–water partition coefficient (Wildman–Crippen LogP) is 5.78. The number of aliphatic hydroxyl groups excluding tert-OH is 1. The van der Waals surface area contributed by atoms with Crippen molar-refractivity contribution in [2.75, 3.05) is 0 Å². The van der Waals surface area contributed by atoms with E-state index in [-0.39, 0.29) is 0 Å². The molecule has 5 heteroatoms. The van der Waals surface area contributed by atoms with Gasteiger partial charge >= 0.3 is 0 Å². The fourth-order valence-electron chi connectivity index (χ4n) is 1.52. The van der Waals surface area contributed by atoms with Gasteiger partial charge in [-0.25, -0.2) is 0 Å². The molecule has 1 N–H and O–H groups in total. The molecule has 1 atom stereocenters. The van der Waals surface area contributed by atoms with E-state index in [1.165, 1.54) is 4.53 Å². The van der Waals surface area contributed by atoms with Gasteiger partial charge in [-0.2, -0.15) is 0 Å². The van der Waals surface area contributed by atoms with Crippen molar-refractivity contribution in [1.29, 1.82) is 0 Å². The van der Waals surface area contributed by atoms with Crippen LogP contribution in [-0.4, -0.2) is 19.3 Å². The van der Waals surface area contributed by atoms with Crippen LogP contribution in [0.1, 0.15) is 6.42 Å². The molecule has 0 amide bonds. The highest BCUT2D eigenvalue weighted by molar-refractivity contribution is 8.05. The molecule has 0 spiro atoms.